The van der Waals surface area contributed by atoms with Crippen molar-refractivity contribution in [2.45, 2.75) is 57.4 Å². The van der Waals surface area contributed by atoms with Crippen molar-refractivity contribution in [2.75, 3.05) is 0 Å². The zero-order valence-corrected chi connectivity index (χ0v) is 10.2. The first kappa shape index (κ1) is 13.9. The summed E-state index contributed by atoms with van der Waals surface area (Å²) in [6, 6.07) is 2.01. The van der Waals surface area contributed by atoms with Crippen molar-refractivity contribution in [3.63, 3.8) is 0 Å². The Kier molecular flexibility index (Phi) is 4.07. The van der Waals surface area contributed by atoms with Crippen molar-refractivity contribution in [3.8, 4) is 6.07 Å². The molecule has 1 saturated carbocycles. The summed E-state index contributed by atoms with van der Waals surface area (Å²) in [5, 5.41) is 11.3. The molecule has 1 aliphatic rings. The number of nitrogens with one attached hydrogen (secondary N) is 1. The van der Waals surface area contributed by atoms with Crippen LogP contribution in [0.3, 0.4) is 0 Å². The standard InChI is InChI=1S/C12H18F2N2O/c1-3-4-12(13,14)7-9(2)10(17)16-11(8-15)5-6-11/h9H,3-7H2,1-2H3,(H,16,17)/t9-/m0/s1. The van der Waals surface area contributed by atoms with Crippen molar-refractivity contribution < 1.29 is 13.6 Å². The molecule has 1 fully saturated rings. The fourth-order valence-electron chi connectivity index (χ4n) is 1.76. The van der Waals surface area contributed by atoms with Gasteiger partial charge in [0, 0.05) is 18.8 Å². The Balaban J connectivity index is 2.45. The summed E-state index contributed by atoms with van der Waals surface area (Å²) in [6.45, 7) is 3.17. The average Bonchev–Trinajstić information content (AvgIpc) is 2.97. The van der Waals surface area contributed by atoms with Gasteiger partial charge >= 0.3 is 0 Å². The van der Waals surface area contributed by atoms with Gasteiger partial charge in [0.05, 0.1) is 6.07 Å². The second-order valence-corrected chi connectivity index (χ2v) is 4.89. The van der Waals surface area contributed by atoms with Gasteiger partial charge in [0.25, 0.3) is 0 Å². The highest BCUT2D eigenvalue weighted by Gasteiger charge is 2.45. The van der Waals surface area contributed by atoms with Crippen LogP contribution in [0.15, 0.2) is 0 Å². The summed E-state index contributed by atoms with van der Waals surface area (Å²) in [5.74, 6) is -4.00. The molecule has 1 aliphatic carbocycles. The van der Waals surface area contributed by atoms with E-state index in [0.717, 1.165) is 0 Å². The summed E-state index contributed by atoms with van der Waals surface area (Å²) in [6.07, 6.45) is 0.978. The highest BCUT2D eigenvalue weighted by molar-refractivity contribution is 5.80. The van der Waals surface area contributed by atoms with Crippen molar-refractivity contribution in [1.29, 1.82) is 5.26 Å². The van der Waals surface area contributed by atoms with E-state index in [0.29, 0.717) is 19.3 Å². The van der Waals surface area contributed by atoms with E-state index in [9.17, 15) is 13.6 Å². The van der Waals surface area contributed by atoms with Gasteiger partial charge in [-0.1, -0.05) is 20.3 Å². The molecule has 0 aromatic carbocycles. The number of amides is 1. The molecule has 0 unspecified atom stereocenters. The van der Waals surface area contributed by atoms with E-state index in [2.05, 4.69) is 5.32 Å². The number of carbonyl (C=O) groups is 1. The molecule has 17 heavy (non-hydrogen) atoms. The molecule has 0 radical (unpaired) electrons. The van der Waals surface area contributed by atoms with Gasteiger partial charge in [-0.2, -0.15) is 5.26 Å². The number of rotatable bonds is 6. The second-order valence-electron chi connectivity index (χ2n) is 4.89. The molecule has 0 aliphatic heterocycles. The highest BCUT2D eigenvalue weighted by atomic mass is 19.3. The lowest BCUT2D eigenvalue weighted by Gasteiger charge is -2.20. The third kappa shape index (κ3) is 3.95. The maximum Gasteiger partial charge on any atom is 0.248 e. The maximum atomic E-state index is 13.3. The number of halogens is 2. The summed E-state index contributed by atoms with van der Waals surface area (Å²) in [5.41, 5.74) is -0.772. The third-order valence-electron chi connectivity index (χ3n) is 2.99. The quantitative estimate of drug-likeness (QED) is 0.780. The Morgan fingerprint density at radius 3 is 2.59 bits per heavy atom. The van der Waals surface area contributed by atoms with E-state index >= 15 is 0 Å². The predicted octanol–water partition coefficient (Wildman–Crippen LogP) is 2.62. The Morgan fingerprint density at radius 2 is 2.18 bits per heavy atom. The molecule has 0 heterocycles. The van der Waals surface area contributed by atoms with Gasteiger partial charge < -0.3 is 5.32 Å². The lowest BCUT2D eigenvalue weighted by molar-refractivity contribution is -0.128. The molecular formula is C12H18F2N2O. The molecule has 0 spiro atoms. The van der Waals surface area contributed by atoms with Crippen LogP contribution in [-0.2, 0) is 4.79 Å². The van der Waals surface area contributed by atoms with Crippen molar-refractivity contribution in [3.05, 3.63) is 0 Å². The number of hydrogen-bond donors (Lipinski definition) is 1. The Morgan fingerprint density at radius 1 is 1.59 bits per heavy atom. The lowest BCUT2D eigenvalue weighted by atomic mass is 9.98. The van der Waals surface area contributed by atoms with E-state index in [1.165, 1.54) is 6.92 Å². The van der Waals surface area contributed by atoms with Crippen LogP contribution in [0, 0.1) is 17.2 Å². The van der Waals surface area contributed by atoms with Crippen LogP contribution in [0.25, 0.3) is 0 Å². The first-order valence-corrected chi connectivity index (χ1v) is 5.95. The third-order valence-corrected chi connectivity index (χ3v) is 2.99. The zero-order chi connectivity index (χ0) is 13.1. The Hall–Kier alpha value is -1.18. The van der Waals surface area contributed by atoms with Gasteiger partial charge in [0.15, 0.2) is 0 Å². The molecule has 1 rings (SSSR count). The highest BCUT2D eigenvalue weighted by Crippen LogP contribution is 2.35. The first-order valence-electron chi connectivity index (χ1n) is 5.95. The molecule has 0 bridgehead atoms. The normalized spacial score (nSPS) is 19.2. The fraction of sp³-hybridized carbons (Fsp3) is 0.833. The monoisotopic (exact) mass is 244 g/mol. The van der Waals surface area contributed by atoms with E-state index in [1.807, 2.05) is 6.07 Å². The van der Waals surface area contributed by atoms with Crippen LogP contribution in [0.2, 0.25) is 0 Å². The zero-order valence-electron chi connectivity index (χ0n) is 10.2. The van der Waals surface area contributed by atoms with Gasteiger partial charge in [0.2, 0.25) is 11.8 Å². The van der Waals surface area contributed by atoms with Crippen LogP contribution < -0.4 is 5.32 Å². The maximum absolute atomic E-state index is 13.3. The minimum absolute atomic E-state index is 0.200. The average molecular weight is 244 g/mol. The van der Waals surface area contributed by atoms with E-state index < -0.39 is 29.7 Å². The molecular weight excluding hydrogens is 226 g/mol. The van der Waals surface area contributed by atoms with Crippen LogP contribution in [-0.4, -0.2) is 17.4 Å². The summed E-state index contributed by atoms with van der Waals surface area (Å²) in [7, 11) is 0. The molecule has 1 atom stereocenters. The predicted molar refractivity (Wildman–Crippen MR) is 59.4 cm³/mol. The minimum atomic E-state index is -2.80. The van der Waals surface area contributed by atoms with Gasteiger partial charge in [-0.3, -0.25) is 4.79 Å². The molecule has 0 saturated heterocycles. The first-order chi connectivity index (χ1) is 7.84. The molecule has 5 heteroatoms. The Bertz CT molecular complexity index is 332. The lowest BCUT2D eigenvalue weighted by Crippen LogP contribution is -2.40. The molecule has 96 valence electrons. The van der Waals surface area contributed by atoms with Crippen molar-refractivity contribution >= 4 is 5.91 Å². The summed E-state index contributed by atoms with van der Waals surface area (Å²) in [4.78, 5) is 11.6. The summed E-state index contributed by atoms with van der Waals surface area (Å²) >= 11 is 0. The van der Waals surface area contributed by atoms with E-state index in [4.69, 9.17) is 5.26 Å². The minimum Gasteiger partial charge on any atom is -0.338 e. The molecule has 0 aromatic heterocycles. The molecule has 0 aromatic rings. The van der Waals surface area contributed by atoms with E-state index in [1.54, 1.807) is 6.92 Å². The van der Waals surface area contributed by atoms with E-state index in [-0.39, 0.29) is 6.42 Å². The van der Waals surface area contributed by atoms with Gasteiger partial charge in [-0.25, -0.2) is 8.78 Å². The van der Waals surface area contributed by atoms with Gasteiger partial charge in [0.1, 0.15) is 5.54 Å². The second kappa shape index (κ2) is 4.99. The SMILES string of the molecule is CCCC(F)(F)C[C@H](C)C(=O)NC1(C#N)CC1. The Labute approximate surface area is 100 Å². The van der Waals surface area contributed by atoms with Crippen LogP contribution >= 0.6 is 0 Å². The van der Waals surface area contributed by atoms with Gasteiger partial charge in [-0.15, -0.1) is 0 Å². The summed E-state index contributed by atoms with van der Waals surface area (Å²) < 4.78 is 26.6. The van der Waals surface area contributed by atoms with Crippen LogP contribution in [0.1, 0.15) is 46.0 Å². The number of carbonyl (C=O) groups excluding carboxylic acids is 1. The van der Waals surface area contributed by atoms with Crippen molar-refractivity contribution in [1.82, 2.24) is 5.32 Å². The smallest absolute Gasteiger partial charge is 0.248 e. The van der Waals surface area contributed by atoms with Crippen LogP contribution in [0.5, 0.6) is 0 Å². The number of nitriles is 1. The van der Waals surface area contributed by atoms with Crippen LogP contribution in [0.4, 0.5) is 8.78 Å². The molecule has 1 N–H and O–H groups in total. The molecule has 3 nitrogen and oxygen atoms in total. The molecule has 1 amide bonds. The topological polar surface area (TPSA) is 52.9 Å². The fourth-order valence-corrected chi connectivity index (χ4v) is 1.76. The number of hydrogen-bond acceptors (Lipinski definition) is 2. The largest absolute Gasteiger partial charge is 0.338 e. The number of nitrogens with zero attached hydrogens (tertiary/aromatic N) is 1. The van der Waals surface area contributed by atoms with Crippen molar-refractivity contribution in [2.24, 2.45) is 5.92 Å². The van der Waals surface area contributed by atoms with Gasteiger partial charge in [-0.05, 0) is 12.8 Å². The number of alkyl halides is 2.